The minimum atomic E-state index is -3.42. The molecule has 1 aromatic rings. The van der Waals surface area contributed by atoms with Gasteiger partial charge in [-0.2, -0.15) is 0 Å². The number of piperidine rings is 1. The van der Waals surface area contributed by atoms with E-state index < -0.39 is 10.0 Å². The fourth-order valence-corrected chi connectivity index (χ4v) is 4.17. The standard InChI is InChI=1S/C18H27N3O4S/c1-14-5-3-6-16(13-14)21(26(2,24)25)10-4-7-17(22)20-11-8-15(9-12-20)18(19)23/h3,5-6,13,15H,4,7-12H2,1-2H3,(H2,19,23). The molecule has 1 heterocycles. The van der Waals surface area contributed by atoms with E-state index in [1.165, 1.54) is 10.6 Å². The van der Waals surface area contributed by atoms with Crippen LogP contribution in [0.4, 0.5) is 5.69 Å². The van der Waals surface area contributed by atoms with Gasteiger partial charge in [0, 0.05) is 32.0 Å². The van der Waals surface area contributed by atoms with E-state index in [2.05, 4.69) is 0 Å². The van der Waals surface area contributed by atoms with E-state index in [0.717, 1.165) is 5.56 Å². The Bertz CT molecular complexity index is 755. The first-order chi connectivity index (χ1) is 12.2. The molecule has 1 saturated heterocycles. The van der Waals surface area contributed by atoms with Crippen LogP contribution >= 0.6 is 0 Å². The molecule has 0 radical (unpaired) electrons. The Morgan fingerprint density at radius 2 is 1.92 bits per heavy atom. The Kier molecular flexibility index (Phi) is 6.63. The summed E-state index contributed by atoms with van der Waals surface area (Å²) in [5.74, 6) is -0.467. The summed E-state index contributed by atoms with van der Waals surface area (Å²) in [5, 5.41) is 0. The van der Waals surface area contributed by atoms with Crippen LogP contribution in [0.1, 0.15) is 31.2 Å². The first-order valence-corrected chi connectivity index (χ1v) is 10.6. The summed E-state index contributed by atoms with van der Waals surface area (Å²) in [7, 11) is -3.42. The van der Waals surface area contributed by atoms with Crippen LogP contribution in [0.25, 0.3) is 0 Å². The summed E-state index contributed by atoms with van der Waals surface area (Å²) >= 11 is 0. The van der Waals surface area contributed by atoms with Crippen LogP contribution in [-0.2, 0) is 19.6 Å². The molecule has 8 heteroatoms. The van der Waals surface area contributed by atoms with Crippen molar-refractivity contribution in [1.82, 2.24) is 4.90 Å². The number of rotatable bonds is 7. The van der Waals surface area contributed by atoms with E-state index in [4.69, 9.17) is 5.73 Å². The fraction of sp³-hybridized carbons (Fsp3) is 0.556. The third-order valence-corrected chi connectivity index (χ3v) is 5.89. The Morgan fingerprint density at radius 1 is 1.27 bits per heavy atom. The largest absolute Gasteiger partial charge is 0.369 e. The number of benzene rings is 1. The lowest BCUT2D eigenvalue weighted by atomic mass is 9.96. The molecule has 1 aliphatic rings. The molecule has 0 saturated carbocycles. The highest BCUT2D eigenvalue weighted by atomic mass is 32.2. The molecule has 2 rings (SSSR count). The SMILES string of the molecule is Cc1cccc(N(CCCC(=O)N2CCC(C(N)=O)CC2)S(C)(=O)=O)c1. The van der Waals surface area contributed by atoms with Gasteiger partial charge < -0.3 is 10.6 Å². The molecule has 1 aliphatic heterocycles. The number of amides is 2. The number of nitrogens with two attached hydrogens (primary N) is 1. The van der Waals surface area contributed by atoms with Crippen molar-refractivity contribution < 1.29 is 18.0 Å². The Labute approximate surface area is 155 Å². The van der Waals surface area contributed by atoms with E-state index in [1.54, 1.807) is 11.0 Å². The Hall–Kier alpha value is -2.09. The predicted molar refractivity (Wildman–Crippen MR) is 101 cm³/mol. The second-order valence-corrected chi connectivity index (χ2v) is 8.74. The lowest BCUT2D eigenvalue weighted by Crippen LogP contribution is -2.42. The Balaban J connectivity index is 1.90. The molecule has 0 aromatic heterocycles. The molecule has 0 unspecified atom stereocenters. The zero-order valence-corrected chi connectivity index (χ0v) is 16.2. The highest BCUT2D eigenvalue weighted by Gasteiger charge is 2.26. The summed E-state index contributed by atoms with van der Waals surface area (Å²) in [6.07, 6.45) is 3.08. The monoisotopic (exact) mass is 381 g/mol. The highest BCUT2D eigenvalue weighted by Crippen LogP contribution is 2.21. The van der Waals surface area contributed by atoms with Crippen molar-refractivity contribution >= 4 is 27.5 Å². The van der Waals surface area contributed by atoms with Gasteiger partial charge in [-0.05, 0) is 43.9 Å². The van der Waals surface area contributed by atoms with E-state index in [-0.39, 0.29) is 30.7 Å². The van der Waals surface area contributed by atoms with Crippen molar-refractivity contribution in [3.63, 3.8) is 0 Å². The summed E-state index contributed by atoms with van der Waals surface area (Å²) in [6, 6.07) is 7.29. The van der Waals surface area contributed by atoms with Gasteiger partial charge in [0.2, 0.25) is 21.8 Å². The molecule has 144 valence electrons. The molecule has 7 nitrogen and oxygen atoms in total. The number of aryl methyl sites for hydroxylation is 1. The zero-order valence-electron chi connectivity index (χ0n) is 15.3. The maximum absolute atomic E-state index is 12.3. The van der Waals surface area contributed by atoms with Gasteiger partial charge in [-0.1, -0.05) is 12.1 Å². The number of hydrogen-bond donors (Lipinski definition) is 1. The maximum Gasteiger partial charge on any atom is 0.232 e. The normalized spacial score (nSPS) is 15.7. The average Bonchev–Trinajstić information content (AvgIpc) is 2.57. The number of sulfonamides is 1. The van der Waals surface area contributed by atoms with Crippen LogP contribution in [0.2, 0.25) is 0 Å². The molecule has 0 aliphatic carbocycles. The summed E-state index contributed by atoms with van der Waals surface area (Å²) in [4.78, 5) is 25.3. The molecule has 26 heavy (non-hydrogen) atoms. The quantitative estimate of drug-likeness (QED) is 0.768. The zero-order chi connectivity index (χ0) is 19.3. The van der Waals surface area contributed by atoms with Crippen LogP contribution in [0.3, 0.4) is 0 Å². The highest BCUT2D eigenvalue weighted by molar-refractivity contribution is 7.92. The number of primary amides is 1. The van der Waals surface area contributed by atoms with Gasteiger partial charge in [0.15, 0.2) is 0 Å². The van der Waals surface area contributed by atoms with E-state index in [0.29, 0.717) is 38.0 Å². The molecular weight excluding hydrogens is 354 g/mol. The smallest absolute Gasteiger partial charge is 0.232 e. The van der Waals surface area contributed by atoms with Gasteiger partial charge in [-0.3, -0.25) is 13.9 Å². The number of hydrogen-bond acceptors (Lipinski definition) is 4. The number of nitrogens with zero attached hydrogens (tertiary/aromatic N) is 2. The summed E-state index contributed by atoms with van der Waals surface area (Å²) < 4.78 is 25.6. The van der Waals surface area contributed by atoms with Gasteiger partial charge >= 0.3 is 0 Å². The molecule has 0 atom stereocenters. The van der Waals surface area contributed by atoms with Gasteiger partial charge in [-0.25, -0.2) is 8.42 Å². The van der Waals surface area contributed by atoms with Crippen LogP contribution in [-0.4, -0.2) is 51.0 Å². The third-order valence-electron chi connectivity index (χ3n) is 4.69. The summed E-state index contributed by atoms with van der Waals surface area (Å²) in [6.45, 7) is 3.22. The van der Waals surface area contributed by atoms with Crippen molar-refractivity contribution in [2.45, 2.75) is 32.6 Å². The van der Waals surface area contributed by atoms with E-state index in [1.807, 2.05) is 25.1 Å². The van der Waals surface area contributed by atoms with Gasteiger partial charge in [-0.15, -0.1) is 0 Å². The second-order valence-electron chi connectivity index (χ2n) is 6.84. The third kappa shape index (κ3) is 5.45. The molecule has 2 N–H and O–H groups in total. The van der Waals surface area contributed by atoms with Crippen molar-refractivity contribution in [1.29, 1.82) is 0 Å². The van der Waals surface area contributed by atoms with Crippen LogP contribution in [0.5, 0.6) is 0 Å². The number of carbonyl (C=O) groups is 2. The fourth-order valence-electron chi connectivity index (χ4n) is 3.21. The number of carbonyl (C=O) groups excluding carboxylic acids is 2. The lowest BCUT2D eigenvalue weighted by molar-refractivity contribution is -0.134. The minimum absolute atomic E-state index is 0.00869. The van der Waals surface area contributed by atoms with Crippen molar-refractivity contribution in [3.8, 4) is 0 Å². The number of anilines is 1. The van der Waals surface area contributed by atoms with E-state index >= 15 is 0 Å². The van der Waals surface area contributed by atoms with Crippen LogP contribution < -0.4 is 10.0 Å². The first-order valence-electron chi connectivity index (χ1n) is 8.80. The van der Waals surface area contributed by atoms with Gasteiger partial charge in [0.1, 0.15) is 0 Å². The molecule has 0 bridgehead atoms. The van der Waals surface area contributed by atoms with E-state index in [9.17, 15) is 18.0 Å². The number of likely N-dealkylation sites (tertiary alicyclic amines) is 1. The van der Waals surface area contributed by atoms with Crippen molar-refractivity contribution in [2.75, 3.05) is 30.2 Å². The molecule has 0 spiro atoms. The lowest BCUT2D eigenvalue weighted by Gasteiger charge is -2.31. The van der Waals surface area contributed by atoms with Gasteiger partial charge in [0.05, 0.1) is 11.9 Å². The molecular formula is C18H27N3O4S. The van der Waals surface area contributed by atoms with Crippen molar-refractivity contribution in [3.05, 3.63) is 29.8 Å². The van der Waals surface area contributed by atoms with Crippen molar-refractivity contribution in [2.24, 2.45) is 11.7 Å². The molecule has 1 fully saturated rings. The van der Waals surface area contributed by atoms with Gasteiger partial charge in [0.25, 0.3) is 0 Å². The minimum Gasteiger partial charge on any atom is -0.369 e. The van der Waals surface area contributed by atoms with Crippen LogP contribution in [0, 0.1) is 12.8 Å². The second kappa shape index (κ2) is 8.53. The Morgan fingerprint density at radius 3 is 2.46 bits per heavy atom. The summed E-state index contributed by atoms with van der Waals surface area (Å²) in [5.41, 5.74) is 6.89. The molecule has 1 aromatic carbocycles. The first kappa shape index (κ1) is 20.2. The van der Waals surface area contributed by atoms with Crippen LogP contribution in [0.15, 0.2) is 24.3 Å². The topological polar surface area (TPSA) is 101 Å². The average molecular weight is 381 g/mol. The maximum atomic E-state index is 12.3. The predicted octanol–water partition coefficient (Wildman–Crippen LogP) is 1.27. The molecule has 2 amide bonds.